The number of esters is 2. The Hall–Kier alpha value is -1.06. The van der Waals surface area contributed by atoms with E-state index >= 15 is 0 Å². The molecule has 0 aromatic heterocycles. The van der Waals surface area contributed by atoms with Crippen molar-refractivity contribution >= 4 is 11.9 Å². The van der Waals surface area contributed by atoms with Gasteiger partial charge in [0.25, 0.3) is 0 Å². The van der Waals surface area contributed by atoms with Crippen LogP contribution in [0.4, 0.5) is 0 Å². The van der Waals surface area contributed by atoms with Crippen LogP contribution in [0.25, 0.3) is 0 Å². The van der Waals surface area contributed by atoms with Crippen LogP contribution in [-0.4, -0.2) is 24.6 Å². The Morgan fingerprint density at radius 1 is 0.750 bits per heavy atom. The molecule has 0 spiro atoms. The van der Waals surface area contributed by atoms with Gasteiger partial charge in [0.2, 0.25) is 0 Å². The van der Waals surface area contributed by atoms with Crippen LogP contribution < -0.4 is 0 Å². The summed E-state index contributed by atoms with van der Waals surface area (Å²) in [6.45, 7) is 6.70. The highest BCUT2D eigenvalue weighted by molar-refractivity contribution is 5.77. The van der Waals surface area contributed by atoms with E-state index in [2.05, 4.69) is 13.8 Å². The van der Waals surface area contributed by atoms with Gasteiger partial charge in [0.05, 0.1) is 25.6 Å². The Kier molecular flexibility index (Phi) is 16.0. The average Bonchev–Trinajstić information content (AvgIpc) is 2.56. The van der Waals surface area contributed by atoms with Crippen LogP contribution in [0.2, 0.25) is 0 Å². The van der Waals surface area contributed by atoms with Gasteiger partial charge in [-0.1, -0.05) is 71.6 Å². The number of hydrogen-bond acceptors (Lipinski definition) is 4. The summed E-state index contributed by atoms with van der Waals surface area (Å²) < 4.78 is 10.4. The topological polar surface area (TPSA) is 52.6 Å². The van der Waals surface area contributed by atoms with E-state index in [1.165, 1.54) is 38.5 Å². The van der Waals surface area contributed by atoms with E-state index in [4.69, 9.17) is 9.47 Å². The van der Waals surface area contributed by atoms with Gasteiger partial charge in [-0.15, -0.1) is 0 Å². The summed E-state index contributed by atoms with van der Waals surface area (Å²) >= 11 is 0. The van der Waals surface area contributed by atoms with Crippen molar-refractivity contribution < 1.29 is 19.1 Å². The molecule has 0 aromatic rings. The van der Waals surface area contributed by atoms with Crippen LogP contribution >= 0.6 is 0 Å². The quantitative estimate of drug-likeness (QED) is 0.272. The number of ether oxygens (including phenoxy) is 2. The predicted molar refractivity (Wildman–Crippen MR) is 97.9 cm³/mol. The van der Waals surface area contributed by atoms with Crippen LogP contribution in [0.3, 0.4) is 0 Å². The first-order chi connectivity index (χ1) is 11.6. The van der Waals surface area contributed by atoms with Crippen LogP contribution in [-0.2, 0) is 19.1 Å². The lowest BCUT2D eigenvalue weighted by Gasteiger charge is -2.12. The average molecular weight is 343 g/mol. The molecule has 24 heavy (non-hydrogen) atoms. The van der Waals surface area contributed by atoms with Gasteiger partial charge in [-0.2, -0.15) is 0 Å². The number of carbonyl (C=O) groups excluding carboxylic acids is 2. The van der Waals surface area contributed by atoms with Gasteiger partial charge in [0.1, 0.15) is 0 Å². The molecule has 1 unspecified atom stereocenters. The van der Waals surface area contributed by atoms with Gasteiger partial charge < -0.3 is 9.47 Å². The number of carbonyl (C=O) groups is 2. The highest BCUT2D eigenvalue weighted by Crippen LogP contribution is 2.09. The van der Waals surface area contributed by atoms with Crippen LogP contribution in [0.1, 0.15) is 104 Å². The first kappa shape index (κ1) is 22.9. The van der Waals surface area contributed by atoms with Crippen molar-refractivity contribution in [3.63, 3.8) is 0 Å². The second-order valence-corrected chi connectivity index (χ2v) is 6.64. The molecular formula is C20H38O4. The fourth-order valence-electron chi connectivity index (χ4n) is 2.53. The third-order valence-corrected chi connectivity index (χ3v) is 4.09. The molecule has 4 heteroatoms. The monoisotopic (exact) mass is 342 g/mol. The molecule has 4 nitrogen and oxygen atoms in total. The summed E-state index contributed by atoms with van der Waals surface area (Å²) in [5, 5.41) is 0. The Balaban J connectivity index is 3.44. The lowest BCUT2D eigenvalue weighted by molar-refractivity contribution is -0.153. The minimum atomic E-state index is -0.303. The van der Waals surface area contributed by atoms with Gasteiger partial charge in [0, 0.05) is 0 Å². The maximum absolute atomic E-state index is 11.6. The molecule has 0 saturated heterocycles. The molecule has 0 heterocycles. The van der Waals surface area contributed by atoms with Crippen molar-refractivity contribution in [3.8, 4) is 0 Å². The minimum absolute atomic E-state index is 0.0641. The van der Waals surface area contributed by atoms with Crippen molar-refractivity contribution in [3.05, 3.63) is 0 Å². The minimum Gasteiger partial charge on any atom is -0.466 e. The summed E-state index contributed by atoms with van der Waals surface area (Å²) in [6.07, 6.45) is 13.0. The Bertz CT molecular complexity index is 315. The molecular weight excluding hydrogens is 304 g/mol. The summed E-state index contributed by atoms with van der Waals surface area (Å²) in [6, 6.07) is 0. The molecule has 0 aromatic carbocycles. The SMILES string of the molecule is CCCCCCCCCCOC(=O)CCC(=O)OC(C)CCCC. The van der Waals surface area contributed by atoms with Crippen LogP contribution in [0.5, 0.6) is 0 Å². The van der Waals surface area contributed by atoms with Crippen molar-refractivity contribution in [2.75, 3.05) is 6.61 Å². The third kappa shape index (κ3) is 15.8. The lowest BCUT2D eigenvalue weighted by atomic mass is 10.1. The highest BCUT2D eigenvalue weighted by Gasteiger charge is 2.12. The first-order valence-corrected chi connectivity index (χ1v) is 9.95. The van der Waals surface area contributed by atoms with Gasteiger partial charge in [0.15, 0.2) is 0 Å². The van der Waals surface area contributed by atoms with Crippen molar-refractivity contribution in [2.24, 2.45) is 0 Å². The van der Waals surface area contributed by atoms with E-state index in [0.29, 0.717) is 6.61 Å². The maximum atomic E-state index is 11.6. The molecule has 0 N–H and O–H groups in total. The smallest absolute Gasteiger partial charge is 0.306 e. The summed E-state index contributed by atoms with van der Waals surface area (Å²) in [5.41, 5.74) is 0. The first-order valence-electron chi connectivity index (χ1n) is 9.95. The lowest BCUT2D eigenvalue weighted by Crippen LogP contribution is -2.16. The second kappa shape index (κ2) is 16.8. The molecule has 1 atom stereocenters. The number of hydrogen-bond donors (Lipinski definition) is 0. The molecule has 0 aliphatic heterocycles. The summed E-state index contributed by atoms with van der Waals surface area (Å²) in [5.74, 6) is -0.598. The van der Waals surface area contributed by atoms with E-state index in [-0.39, 0.29) is 30.9 Å². The molecule has 0 rings (SSSR count). The number of rotatable bonds is 16. The van der Waals surface area contributed by atoms with E-state index in [0.717, 1.165) is 32.1 Å². The largest absolute Gasteiger partial charge is 0.466 e. The van der Waals surface area contributed by atoms with E-state index in [1.54, 1.807) is 0 Å². The van der Waals surface area contributed by atoms with Crippen LogP contribution in [0.15, 0.2) is 0 Å². The Morgan fingerprint density at radius 3 is 1.92 bits per heavy atom. The van der Waals surface area contributed by atoms with Crippen molar-refractivity contribution in [1.29, 1.82) is 0 Å². The van der Waals surface area contributed by atoms with Gasteiger partial charge in [-0.05, 0) is 19.8 Å². The summed E-state index contributed by atoms with van der Waals surface area (Å²) in [4.78, 5) is 23.2. The van der Waals surface area contributed by atoms with Gasteiger partial charge >= 0.3 is 11.9 Å². The maximum Gasteiger partial charge on any atom is 0.306 e. The zero-order valence-electron chi connectivity index (χ0n) is 16.1. The number of unbranched alkanes of at least 4 members (excludes halogenated alkanes) is 8. The Morgan fingerprint density at radius 2 is 1.29 bits per heavy atom. The molecule has 0 bridgehead atoms. The second-order valence-electron chi connectivity index (χ2n) is 6.64. The van der Waals surface area contributed by atoms with Crippen molar-refractivity contribution in [1.82, 2.24) is 0 Å². The standard InChI is InChI=1S/C20H38O4/c1-4-6-8-9-10-11-12-13-17-23-19(21)15-16-20(22)24-18(3)14-7-5-2/h18H,4-17H2,1-3H3. The van der Waals surface area contributed by atoms with Crippen LogP contribution in [0, 0.1) is 0 Å². The molecule has 0 amide bonds. The molecule has 0 radical (unpaired) electrons. The van der Waals surface area contributed by atoms with Gasteiger partial charge in [-0.25, -0.2) is 0 Å². The summed E-state index contributed by atoms with van der Waals surface area (Å²) in [7, 11) is 0. The molecule has 0 aliphatic rings. The molecule has 142 valence electrons. The fourth-order valence-corrected chi connectivity index (χ4v) is 2.53. The highest BCUT2D eigenvalue weighted by atomic mass is 16.5. The predicted octanol–water partition coefficient (Wildman–Crippen LogP) is 5.57. The van der Waals surface area contributed by atoms with E-state index in [9.17, 15) is 9.59 Å². The Labute approximate surface area is 148 Å². The van der Waals surface area contributed by atoms with E-state index in [1.807, 2.05) is 6.92 Å². The van der Waals surface area contributed by atoms with Crippen molar-refractivity contribution in [2.45, 2.75) is 110 Å². The zero-order chi connectivity index (χ0) is 18.0. The molecule has 0 fully saturated rings. The van der Waals surface area contributed by atoms with E-state index < -0.39 is 0 Å². The third-order valence-electron chi connectivity index (χ3n) is 4.09. The van der Waals surface area contributed by atoms with Gasteiger partial charge in [-0.3, -0.25) is 9.59 Å². The normalized spacial score (nSPS) is 12.0. The molecule has 0 saturated carbocycles. The fraction of sp³-hybridized carbons (Fsp3) is 0.900. The zero-order valence-corrected chi connectivity index (χ0v) is 16.1. The molecule has 0 aliphatic carbocycles.